The van der Waals surface area contributed by atoms with E-state index < -0.39 is 23.6 Å². The van der Waals surface area contributed by atoms with Gasteiger partial charge in [0.15, 0.2) is 5.82 Å². The normalized spacial score (nSPS) is 15.3. The summed E-state index contributed by atoms with van der Waals surface area (Å²) >= 11 is 0. The first-order valence-electron chi connectivity index (χ1n) is 11.6. The smallest absolute Gasteiger partial charge is 0.280 e. The third kappa shape index (κ3) is 4.97. The van der Waals surface area contributed by atoms with Crippen LogP contribution < -0.4 is 11.1 Å². The van der Waals surface area contributed by atoms with E-state index in [1.807, 2.05) is 30.3 Å². The lowest BCUT2D eigenvalue weighted by Crippen LogP contribution is -2.61. The number of pyridine rings is 1. The molecule has 188 valence electrons. The molecule has 2 aromatic heterocycles. The molecule has 1 aliphatic rings. The molecule has 1 fully saturated rings. The van der Waals surface area contributed by atoms with Gasteiger partial charge in [-0.2, -0.15) is 0 Å². The summed E-state index contributed by atoms with van der Waals surface area (Å²) in [6, 6.07) is 17.6. The van der Waals surface area contributed by atoms with Crippen LogP contribution in [0, 0.1) is 5.82 Å². The number of benzene rings is 2. The number of aromatic nitrogens is 3. The number of nitrogens with one attached hydrogen (secondary N) is 1. The summed E-state index contributed by atoms with van der Waals surface area (Å²) in [6.07, 6.45) is 5.01. The Kier molecular flexibility index (Phi) is 6.76. The SMILES string of the molecule is NC(=O)C1(C(Cc2ccccc2)NC(=O)c2cccnc2-n2cnc(-c3ccc(F)cc3)c2)OCCO1. The fraction of sp³-hybridized carbons (Fsp3) is 0.185. The second-order valence-electron chi connectivity index (χ2n) is 8.49. The Morgan fingerprint density at radius 2 is 1.76 bits per heavy atom. The van der Waals surface area contributed by atoms with Crippen LogP contribution in [0.1, 0.15) is 15.9 Å². The van der Waals surface area contributed by atoms with Gasteiger partial charge in [-0.15, -0.1) is 0 Å². The number of carbonyl (C=O) groups excluding carboxylic acids is 2. The second-order valence-corrected chi connectivity index (χ2v) is 8.49. The molecule has 37 heavy (non-hydrogen) atoms. The summed E-state index contributed by atoms with van der Waals surface area (Å²) < 4.78 is 26.3. The molecule has 1 unspecified atom stereocenters. The van der Waals surface area contributed by atoms with Crippen LogP contribution >= 0.6 is 0 Å². The van der Waals surface area contributed by atoms with Gasteiger partial charge in [-0.25, -0.2) is 14.4 Å². The van der Waals surface area contributed by atoms with E-state index in [-0.39, 0.29) is 31.0 Å². The van der Waals surface area contributed by atoms with E-state index in [1.54, 1.807) is 41.2 Å². The van der Waals surface area contributed by atoms with Gasteiger partial charge in [0.1, 0.15) is 12.1 Å². The maximum Gasteiger partial charge on any atom is 0.280 e. The van der Waals surface area contributed by atoms with Crippen molar-refractivity contribution in [3.8, 4) is 17.1 Å². The minimum atomic E-state index is -1.81. The summed E-state index contributed by atoms with van der Waals surface area (Å²) in [4.78, 5) is 34.8. The maximum absolute atomic E-state index is 13.6. The standard InChI is InChI=1S/C27H24FN5O4/c28-20-10-8-19(9-11-20)22-16-33(17-31-22)24-21(7-4-12-30-24)25(34)32-23(15-18-5-2-1-3-6-18)27(26(29)35)36-13-14-37-27/h1-12,16-17,23H,13-15H2,(H2,29,35)(H,32,34). The Hall–Kier alpha value is -4.41. The van der Waals surface area contributed by atoms with Gasteiger partial charge in [0.2, 0.25) is 0 Å². The molecule has 0 spiro atoms. The number of rotatable bonds is 8. The van der Waals surface area contributed by atoms with E-state index in [0.717, 1.165) is 5.56 Å². The summed E-state index contributed by atoms with van der Waals surface area (Å²) in [5.41, 5.74) is 8.09. The largest absolute Gasteiger partial charge is 0.365 e. The van der Waals surface area contributed by atoms with Crippen LogP contribution in [-0.2, 0) is 20.7 Å². The molecule has 0 aliphatic carbocycles. The molecule has 1 saturated heterocycles. The minimum Gasteiger partial charge on any atom is -0.365 e. The number of nitrogens with zero attached hydrogens (tertiary/aromatic N) is 3. The van der Waals surface area contributed by atoms with Crippen molar-refractivity contribution in [3.63, 3.8) is 0 Å². The van der Waals surface area contributed by atoms with Crippen LogP contribution in [-0.4, -0.2) is 51.4 Å². The van der Waals surface area contributed by atoms with Crippen molar-refractivity contribution in [1.29, 1.82) is 0 Å². The van der Waals surface area contributed by atoms with Crippen molar-refractivity contribution >= 4 is 11.8 Å². The molecule has 1 atom stereocenters. The highest BCUT2D eigenvalue weighted by atomic mass is 19.1. The average molecular weight is 502 g/mol. The Balaban J connectivity index is 1.46. The number of imidazole rings is 1. The van der Waals surface area contributed by atoms with Crippen LogP contribution in [0.2, 0.25) is 0 Å². The van der Waals surface area contributed by atoms with Crippen molar-refractivity contribution in [3.05, 3.63) is 102 Å². The summed E-state index contributed by atoms with van der Waals surface area (Å²) in [5.74, 6) is -3.16. The Morgan fingerprint density at radius 1 is 1.03 bits per heavy atom. The van der Waals surface area contributed by atoms with Crippen molar-refractivity contribution in [2.75, 3.05) is 13.2 Å². The molecule has 2 amide bonds. The molecule has 5 rings (SSSR count). The highest BCUT2D eigenvalue weighted by molar-refractivity contribution is 5.98. The first-order chi connectivity index (χ1) is 18.0. The zero-order chi connectivity index (χ0) is 25.8. The van der Waals surface area contributed by atoms with Gasteiger partial charge in [0.25, 0.3) is 17.6 Å². The summed E-state index contributed by atoms with van der Waals surface area (Å²) in [7, 11) is 0. The van der Waals surface area contributed by atoms with E-state index in [2.05, 4.69) is 15.3 Å². The average Bonchev–Trinajstić information content (AvgIpc) is 3.61. The molecule has 9 nitrogen and oxygen atoms in total. The lowest BCUT2D eigenvalue weighted by atomic mass is 9.97. The molecule has 3 heterocycles. The molecule has 0 saturated carbocycles. The molecule has 3 N–H and O–H groups in total. The topological polar surface area (TPSA) is 121 Å². The lowest BCUT2D eigenvalue weighted by Gasteiger charge is -2.33. The van der Waals surface area contributed by atoms with Gasteiger partial charge in [0.05, 0.1) is 30.5 Å². The Bertz CT molecular complexity index is 1400. The summed E-state index contributed by atoms with van der Waals surface area (Å²) in [5, 5.41) is 2.90. The van der Waals surface area contributed by atoms with Gasteiger partial charge in [0, 0.05) is 18.0 Å². The van der Waals surface area contributed by atoms with E-state index >= 15 is 0 Å². The van der Waals surface area contributed by atoms with E-state index in [9.17, 15) is 14.0 Å². The van der Waals surface area contributed by atoms with Crippen LogP contribution in [0.25, 0.3) is 17.1 Å². The van der Waals surface area contributed by atoms with E-state index in [0.29, 0.717) is 17.1 Å². The molecule has 0 bridgehead atoms. The number of hydrogen-bond donors (Lipinski definition) is 2. The fourth-order valence-electron chi connectivity index (χ4n) is 4.30. The van der Waals surface area contributed by atoms with Gasteiger partial charge < -0.3 is 20.5 Å². The molecular formula is C27H24FN5O4. The Labute approximate surface area is 212 Å². The molecular weight excluding hydrogens is 477 g/mol. The van der Waals surface area contributed by atoms with Crippen LogP contribution in [0.4, 0.5) is 4.39 Å². The summed E-state index contributed by atoms with van der Waals surface area (Å²) in [6.45, 7) is 0.340. The van der Waals surface area contributed by atoms with Gasteiger partial charge in [-0.1, -0.05) is 30.3 Å². The fourth-order valence-corrected chi connectivity index (χ4v) is 4.30. The molecule has 10 heteroatoms. The maximum atomic E-state index is 13.6. The molecule has 0 radical (unpaired) electrons. The first kappa shape index (κ1) is 24.3. The first-order valence-corrected chi connectivity index (χ1v) is 11.6. The van der Waals surface area contributed by atoms with Gasteiger partial charge in [-0.05, 0) is 48.4 Å². The number of amides is 2. The predicted molar refractivity (Wildman–Crippen MR) is 132 cm³/mol. The monoisotopic (exact) mass is 501 g/mol. The third-order valence-corrected chi connectivity index (χ3v) is 6.10. The number of halogens is 1. The van der Waals surface area contributed by atoms with Crippen LogP contribution in [0.5, 0.6) is 0 Å². The zero-order valence-electron chi connectivity index (χ0n) is 19.7. The molecule has 2 aromatic carbocycles. The number of nitrogens with two attached hydrogens (primary N) is 1. The minimum absolute atomic E-state index is 0.170. The van der Waals surface area contributed by atoms with Crippen molar-refractivity contribution < 1.29 is 23.5 Å². The Morgan fingerprint density at radius 3 is 2.46 bits per heavy atom. The van der Waals surface area contributed by atoms with Crippen LogP contribution in [0.15, 0.2) is 85.5 Å². The van der Waals surface area contributed by atoms with Crippen molar-refractivity contribution in [2.45, 2.75) is 18.2 Å². The van der Waals surface area contributed by atoms with E-state index in [1.165, 1.54) is 18.5 Å². The number of hydrogen-bond acceptors (Lipinski definition) is 6. The van der Waals surface area contributed by atoms with Gasteiger partial charge >= 0.3 is 0 Å². The number of ether oxygens (including phenoxy) is 2. The van der Waals surface area contributed by atoms with E-state index in [4.69, 9.17) is 15.2 Å². The predicted octanol–water partition coefficient (Wildman–Crippen LogP) is 2.64. The second kappa shape index (κ2) is 10.3. The van der Waals surface area contributed by atoms with Crippen molar-refractivity contribution in [1.82, 2.24) is 19.9 Å². The molecule has 1 aliphatic heterocycles. The highest BCUT2D eigenvalue weighted by Crippen LogP contribution is 2.27. The third-order valence-electron chi connectivity index (χ3n) is 6.10. The van der Waals surface area contributed by atoms with Crippen molar-refractivity contribution in [2.24, 2.45) is 5.73 Å². The number of primary amides is 1. The quantitative estimate of drug-likeness (QED) is 0.383. The van der Waals surface area contributed by atoms with Gasteiger partial charge in [-0.3, -0.25) is 14.2 Å². The highest BCUT2D eigenvalue weighted by Gasteiger charge is 2.51. The molecule has 4 aromatic rings. The number of carbonyl (C=O) groups is 2. The lowest BCUT2D eigenvalue weighted by molar-refractivity contribution is -0.189. The van der Waals surface area contributed by atoms with Crippen LogP contribution in [0.3, 0.4) is 0 Å². The zero-order valence-corrected chi connectivity index (χ0v) is 19.7.